The van der Waals surface area contributed by atoms with Crippen molar-refractivity contribution in [2.24, 2.45) is 5.73 Å². The van der Waals surface area contributed by atoms with Gasteiger partial charge in [-0.3, -0.25) is 4.79 Å². The molecule has 8 nitrogen and oxygen atoms in total. The first-order chi connectivity index (χ1) is 20.2. The number of nitrogens with one attached hydrogen (secondary N) is 1. The molecule has 0 spiro atoms. The molecular formula is C31H35F4N5O3. The van der Waals surface area contributed by atoms with Crippen molar-refractivity contribution >= 4 is 23.6 Å². The van der Waals surface area contributed by atoms with Crippen LogP contribution < -0.4 is 11.1 Å². The molecule has 230 valence electrons. The van der Waals surface area contributed by atoms with E-state index in [2.05, 4.69) is 15.3 Å². The number of anilines is 2. The van der Waals surface area contributed by atoms with Crippen LogP contribution in [0.2, 0.25) is 0 Å². The standard InChI is InChI=1S/C31H35F4N5O3/c1-30(2,3)43-29(42)40-14-12-20(13-15-40)19-5-9-24(10-6-19)38-28-37-18-25(31(33,34)35)26(39-28)11-7-21-16-23(32)8-4-22(21)17-27(36)41/h4-6,8-10,16,18,20H,7,11-15,17H2,1-3H3,(H2,36,41)(H,37,38,39). The van der Waals surface area contributed by atoms with Crippen LogP contribution in [0, 0.1) is 5.82 Å². The van der Waals surface area contributed by atoms with E-state index in [-0.39, 0.29) is 42.9 Å². The molecule has 3 N–H and O–H groups in total. The summed E-state index contributed by atoms with van der Waals surface area (Å²) in [4.78, 5) is 33.5. The van der Waals surface area contributed by atoms with Gasteiger partial charge in [0.1, 0.15) is 11.4 Å². The molecule has 0 bridgehead atoms. The van der Waals surface area contributed by atoms with E-state index in [4.69, 9.17) is 10.5 Å². The predicted octanol–water partition coefficient (Wildman–Crippen LogP) is 6.31. The van der Waals surface area contributed by atoms with E-state index in [1.54, 1.807) is 17.0 Å². The lowest BCUT2D eigenvalue weighted by atomic mass is 9.89. The number of halogens is 4. The summed E-state index contributed by atoms with van der Waals surface area (Å²) in [5, 5.41) is 2.96. The molecule has 0 aliphatic carbocycles. The number of alkyl halides is 3. The van der Waals surface area contributed by atoms with Crippen LogP contribution >= 0.6 is 0 Å². The molecule has 0 atom stereocenters. The molecule has 4 rings (SSSR count). The molecule has 0 saturated carbocycles. The van der Waals surface area contributed by atoms with Crippen LogP contribution in [0.25, 0.3) is 0 Å². The van der Waals surface area contributed by atoms with Crippen LogP contribution in [0.4, 0.5) is 34.0 Å². The van der Waals surface area contributed by atoms with E-state index in [0.717, 1.165) is 24.6 Å². The summed E-state index contributed by atoms with van der Waals surface area (Å²) in [6.07, 6.45) is -3.02. The van der Waals surface area contributed by atoms with Crippen LogP contribution in [0.15, 0.2) is 48.7 Å². The summed E-state index contributed by atoms with van der Waals surface area (Å²) in [7, 11) is 0. The molecule has 1 aromatic heterocycles. The number of carbonyl (C=O) groups excluding carboxylic acids is 2. The predicted molar refractivity (Wildman–Crippen MR) is 153 cm³/mol. The second kappa shape index (κ2) is 13.0. The van der Waals surface area contributed by atoms with Gasteiger partial charge in [-0.2, -0.15) is 13.2 Å². The number of ether oxygens (including phenoxy) is 1. The maximum Gasteiger partial charge on any atom is 0.419 e. The van der Waals surface area contributed by atoms with E-state index >= 15 is 0 Å². The molecule has 43 heavy (non-hydrogen) atoms. The summed E-state index contributed by atoms with van der Waals surface area (Å²) >= 11 is 0. The van der Waals surface area contributed by atoms with Gasteiger partial charge < -0.3 is 20.7 Å². The SMILES string of the molecule is CC(C)(C)OC(=O)N1CCC(c2ccc(Nc3ncc(C(F)(F)F)c(CCc4cc(F)ccc4CC(N)=O)n3)cc2)CC1. The number of amides is 2. The highest BCUT2D eigenvalue weighted by molar-refractivity contribution is 5.77. The Bertz CT molecular complexity index is 1450. The first-order valence-corrected chi connectivity index (χ1v) is 14.0. The number of hydrogen-bond acceptors (Lipinski definition) is 6. The number of hydrogen-bond donors (Lipinski definition) is 2. The van der Waals surface area contributed by atoms with E-state index in [1.165, 1.54) is 18.2 Å². The maximum absolute atomic E-state index is 13.9. The van der Waals surface area contributed by atoms with Crippen LogP contribution in [0.3, 0.4) is 0 Å². The van der Waals surface area contributed by atoms with Crippen molar-refractivity contribution in [2.75, 3.05) is 18.4 Å². The van der Waals surface area contributed by atoms with Crippen molar-refractivity contribution in [1.82, 2.24) is 14.9 Å². The van der Waals surface area contributed by atoms with Crippen LogP contribution in [-0.2, 0) is 35.0 Å². The van der Waals surface area contributed by atoms with Gasteiger partial charge in [-0.25, -0.2) is 19.2 Å². The number of nitrogens with two attached hydrogens (primary N) is 1. The molecule has 12 heteroatoms. The summed E-state index contributed by atoms with van der Waals surface area (Å²) in [6.45, 7) is 6.67. The average molecular weight is 602 g/mol. The Morgan fingerprint density at radius 2 is 1.70 bits per heavy atom. The minimum Gasteiger partial charge on any atom is -0.444 e. The van der Waals surface area contributed by atoms with Crippen molar-refractivity contribution < 1.29 is 31.9 Å². The molecule has 3 aromatic rings. The monoisotopic (exact) mass is 601 g/mol. The van der Waals surface area contributed by atoms with Gasteiger partial charge in [0.05, 0.1) is 17.7 Å². The molecular weight excluding hydrogens is 566 g/mol. The number of rotatable bonds is 8. The fourth-order valence-corrected chi connectivity index (χ4v) is 5.03. The first-order valence-electron chi connectivity index (χ1n) is 14.0. The first kappa shape index (κ1) is 31.7. The number of carbonyl (C=O) groups is 2. The zero-order valence-electron chi connectivity index (χ0n) is 24.3. The van der Waals surface area contributed by atoms with Gasteiger partial charge in [0.2, 0.25) is 11.9 Å². The van der Waals surface area contributed by atoms with Crippen molar-refractivity contribution in [2.45, 2.75) is 70.6 Å². The summed E-state index contributed by atoms with van der Waals surface area (Å²) in [5.41, 5.74) is 5.99. The number of benzene rings is 2. The minimum absolute atomic E-state index is 0.0152. The lowest BCUT2D eigenvalue weighted by Gasteiger charge is -2.33. The van der Waals surface area contributed by atoms with Crippen LogP contribution in [-0.4, -0.2) is 45.6 Å². The Morgan fingerprint density at radius 1 is 1.02 bits per heavy atom. The number of likely N-dealkylation sites (tertiary alicyclic amines) is 1. The van der Waals surface area contributed by atoms with Crippen molar-refractivity contribution in [3.05, 3.63) is 82.4 Å². The number of aryl methyl sites for hydroxylation is 2. The Labute approximate surface area is 247 Å². The van der Waals surface area contributed by atoms with E-state index in [9.17, 15) is 27.2 Å². The number of piperidine rings is 1. The fourth-order valence-electron chi connectivity index (χ4n) is 5.03. The average Bonchev–Trinajstić information content (AvgIpc) is 2.92. The van der Waals surface area contributed by atoms with Gasteiger partial charge in [0.25, 0.3) is 0 Å². The van der Waals surface area contributed by atoms with Crippen molar-refractivity contribution in [3.8, 4) is 0 Å². The zero-order valence-corrected chi connectivity index (χ0v) is 24.3. The second-order valence-corrected chi connectivity index (χ2v) is 11.6. The molecule has 2 heterocycles. The topological polar surface area (TPSA) is 110 Å². The molecule has 2 aromatic carbocycles. The Hall–Kier alpha value is -4.22. The number of primary amides is 1. The number of nitrogens with zero attached hydrogens (tertiary/aromatic N) is 3. The van der Waals surface area contributed by atoms with E-state index in [1.807, 2.05) is 32.9 Å². The summed E-state index contributed by atoms with van der Waals surface area (Å²) in [6, 6.07) is 11.2. The Kier molecular flexibility index (Phi) is 9.56. The lowest BCUT2D eigenvalue weighted by Crippen LogP contribution is -2.41. The third kappa shape index (κ3) is 8.89. The highest BCUT2D eigenvalue weighted by Gasteiger charge is 2.35. The van der Waals surface area contributed by atoms with Crippen molar-refractivity contribution in [1.29, 1.82) is 0 Å². The summed E-state index contributed by atoms with van der Waals surface area (Å²) < 4.78 is 60.6. The van der Waals surface area contributed by atoms with Gasteiger partial charge in [-0.1, -0.05) is 18.2 Å². The van der Waals surface area contributed by atoms with Crippen LogP contribution in [0.1, 0.15) is 67.5 Å². The van der Waals surface area contributed by atoms with E-state index in [0.29, 0.717) is 29.9 Å². The zero-order chi connectivity index (χ0) is 31.4. The quantitative estimate of drug-likeness (QED) is 0.293. The number of aromatic nitrogens is 2. The van der Waals surface area contributed by atoms with Gasteiger partial charge in [-0.15, -0.1) is 0 Å². The Morgan fingerprint density at radius 3 is 2.30 bits per heavy atom. The highest BCUT2D eigenvalue weighted by atomic mass is 19.4. The van der Waals surface area contributed by atoms with Crippen molar-refractivity contribution in [3.63, 3.8) is 0 Å². The smallest absolute Gasteiger partial charge is 0.419 e. The molecule has 0 unspecified atom stereocenters. The summed E-state index contributed by atoms with van der Waals surface area (Å²) in [5.74, 6) is -0.960. The molecule has 1 aliphatic heterocycles. The second-order valence-electron chi connectivity index (χ2n) is 11.6. The van der Waals surface area contributed by atoms with Gasteiger partial charge in [0, 0.05) is 25.0 Å². The third-order valence-electron chi connectivity index (χ3n) is 7.12. The minimum atomic E-state index is -4.69. The molecule has 2 amide bonds. The van der Waals surface area contributed by atoms with Gasteiger partial charge in [-0.05, 0) is 93.3 Å². The molecule has 1 aliphatic rings. The fraction of sp³-hybridized carbons (Fsp3) is 0.419. The molecule has 1 fully saturated rings. The molecule has 1 saturated heterocycles. The van der Waals surface area contributed by atoms with Gasteiger partial charge >= 0.3 is 12.3 Å². The maximum atomic E-state index is 13.9. The lowest BCUT2D eigenvalue weighted by molar-refractivity contribution is -0.138. The molecule has 0 radical (unpaired) electrons. The Balaban J connectivity index is 1.44. The highest BCUT2D eigenvalue weighted by Crippen LogP contribution is 2.33. The largest absolute Gasteiger partial charge is 0.444 e. The third-order valence-corrected chi connectivity index (χ3v) is 7.12. The van der Waals surface area contributed by atoms with Crippen LogP contribution in [0.5, 0.6) is 0 Å². The normalized spacial score (nSPS) is 14.4. The van der Waals surface area contributed by atoms with Gasteiger partial charge in [0.15, 0.2) is 0 Å². The van der Waals surface area contributed by atoms with E-state index < -0.39 is 29.1 Å².